The number of nitrogens with zero attached hydrogens (tertiary/aromatic N) is 5. The number of aromatic nitrogens is 5. The molecule has 0 aliphatic heterocycles. The zero-order valence-electron chi connectivity index (χ0n) is 39.0. The lowest BCUT2D eigenvalue weighted by molar-refractivity contribution is -0.676. The summed E-state index contributed by atoms with van der Waals surface area (Å²) in [5.41, 5.74) is 9.09. The van der Waals surface area contributed by atoms with E-state index in [0.717, 1.165) is 16.9 Å². The molecule has 16 N–H and O–H groups in total. The number of anilines is 1. The van der Waals surface area contributed by atoms with Crippen molar-refractivity contribution < 1.29 is 111 Å². The topological polar surface area (TPSA) is 418 Å². The first-order valence-electron chi connectivity index (χ1n) is 22.3. The van der Waals surface area contributed by atoms with Crippen molar-refractivity contribution in [3.63, 3.8) is 0 Å². The normalized spacial score (nSPS) is 18.5. The summed E-state index contributed by atoms with van der Waals surface area (Å²) in [6, 6.07) is 6.42. The van der Waals surface area contributed by atoms with E-state index >= 15 is 0 Å². The Morgan fingerprint density at radius 2 is 1.33 bits per heavy atom. The minimum atomic E-state index is -5.19. The van der Waals surface area contributed by atoms with E-state index in [1.165, 1.54) is 4.90 Å². The summed E-state index contributed by atoms with van der Waals surface area (Å²) in [5.74, 6) is -5.77. The number of benzene rings is 1. The highest BCUT2D eigenvalue weighted by Gasteiger charge is 2.39. The Hall–Kier alpha value is -5.87. The number of alkyl halides is 6. The van der Waals surface area contributed by atoms with Gasteiger partial charge in [0, 0.05) is 43.0 Å². The average Bonchev–Trinajstić information content (AvgIpc) is 3.93. The molecule has 31 heteroatoms. The fourth-order valence-corrected chi connectivity index (χ4v) is 7.77. The Kier molecular flexibility index (Phi) is 22.6. The molecule has 1 aliphatic rings. The number of aryl methyl sites for hydroxylation is 2. The molecule has 410 valence electrons. The van der Waals surface area contributed by atoms with Gasteiger partial charge in [-0.1, -0.05) is 0 Å². The fourth-order valence-electron chi connectivity index (χ4n) is 7.77. The van der Waals surface area contributed by atoms with Crippen molar-refractivity contribution in [1.82, 2.24) is 35.1 Å². The van der Waals surface area contributed by atoms with Crippen molar-refractivity contribution in [3.05, 3.63) is 47.5 Å². The highest BCUT2D eigenvalue weighted by Crippen LogP contribution is 2.26. The highest BCUT2D eigenvalue weighted by molar-refractivity contribution is 5.98. The van der Waals surface area contributed by atoms with Gasteiger partial charge in [-0.05, 0) is 57.7 Å². The maximum absolute atomic E-state index is 13.7. The molecule has 8 atom stereocenters. The third-order valence-electron chi connectivity index (χ3n) is 11.6. The summed E-state index contributed by atoms with van der Waals surface area (Å²) < 4.78 is 67.4. The number of nitrogens with two attached hydrogens (primary N) is 1. The molecule has 73 heavy (non-hydrogen) atoms. The second kappa shape index (κ2) is 26.9. The first kappa shape index (κ1) is 61.4. The molecule has 0 spiro atoms. The quantitative estimate of drug-likeness (QED) is 0.0295. The predicted molar refractivity (Wildman–Crippen MR) is 235 cm³/mol. The van der Waals surface area contributed by atoms with Crippen LogP contribution in [0.5, 0.6) is 0 Å². The molecule has 0 unspecified atom stereocenters. The van der Waals surface area contributed by atoms with Crippen LogP contribution in [0.2, 0.25) is 0 Å². The van der Waals surface area contributed by atoms with Gasteiger partial charge in [0.1, 0.15) is 54.7 Å². The first-order valence-corrected chi connectivity index (χ1v) is 22.3. The molecule has 1 saturated carbocycles. The molecule has 25 nitrogen and oxygen atoms in total. The number of carbonyl (C=O) groups excluding carboxylic acids is 3. The van der Waals surface area contributed by atoms with Crippen molar-refractivity contribution in [2.45, 2.75) is 132 Å². The lowest BCUT2D eigenvalue weighted by Gasteiger charge is -2.40. The first-order chi connectivity index (χ1) is 34.0. The maximum atomic E-state index is 13.7. The van der Waals surface area contributed by atoms with Crippen molar-refractivity contribution in [3.8, 4) is 0 Å². The smallest absolute Gasteiger partial charge is 0.490 e. The number of fused-ring (bicyclic) bond motifs is 2. The Morgan fingerprint density at radius 3 is 1.78 bits per heavy atom. The van der Waals surface area contributed by atoms with Crippen LogP contribution in [0.4, 0.5) is 32.2 Å². The molecule has 3 aromatic heterocycles. The number of halogens is 6. The number of aliphatic carboxylic acids is 2. The van der Waals surface area contributed by atoms with Crippen LogP contribution in [0.25, 0.3) is 22.2 Å². The van der Waals surface area contributed by atoms with E-state index in [1.807, 2.05) is 24.5 Å². The van der Waals surface area contributed by atoms with E-state index in [1.54, 1.807) is 24.4 Å². The predicted octanol–water partition coefficient (Wildman–Crippen LogP) is -4.10. The summed E-state index contributed by atoms with van der Waals surface area (Å²) in [6.07, 6.45) is -21.3. The van der Waals surface area contributed by atoms with E-state index in [4.69, 9.17) is 25.5 Å². The number of hydrogen-bond donors (Lipinski definition) is 15. The van der Waals surface area contributed by atoms with Crippen LogP contribution in [-0.4, -0.2) is 204 Å². The van der Waals surface area contributed by atoms with E-state index in [9.17, 15) is 87.0 Å². The molecule has 1 aliphatic carbocycles. The van der Waals surface area contributed by atoms with Gasteiger partial charge in [0.25, 0.3) is 17.6 Å². The molecule has 0 radical (unpaired) electrons. The number of imidazole rings is 1. The number of carbonyl (C=O) groups is 4. The second-order valence-corrected chi connectivity index (χ2v) is 16.6. The monoisotopic (exact) mass is 1060 g/mol. The number of aliphatic hydroxyl groups excluding tert-OH is 10. The third kappa shape index (κ3) is 16.6. The van der Waals surface area contributed by atoms with E-state index in [-0.39, 0.29) is 49.1 Å². The maximum Gasteiger partial charge on any atom is 0.490 e. The number of hydrogen-bond acceptors (Lipinski definition) is 19. The molecular weight excluding hydrogens is 1000 g/mol. The molecule has 2 amide bonds. The summed E-state index contributed by atoms with van der Waals surface area (Å²) >= 11 is 0. The highest BCUT2D eigenvalue weighted by atomic mass is 19.4. The number of nitrogens with one attached hydrogen (secondary N) is 3. The molecule has 1 fully saturated rings. The molecule has 5 rings (SSSR count). The summed E-state index contributed by atoms with van der Waals surface area (Å²) in [7, 11) is 0. The minimum Gasteiger partial charge on any atom is -0.542 e. The van der Waals surface area contributed by atoms with E-state index < -0.39 is 92.2 Å². The van der Waals surface area contributed by atoms with E-state index in [2.05, 4.69) is 30.2 Å². The van der Waals surface area contributed by atoms with Gasteiger partial charge in [-0.25, -0.2) is 23.9 Å². The number of amides is 2. The van der Waals surface area contributed by atoms with Crippen LogP contribution in [0.1, 0.15) is 66.2 Å². The molecule has 3 heterocycles. The number of aromatic amines is 1. The zero-order chi connectivity index (χ0) is 55.3. The SMILES string of the molecule is CCn1c(CNC(=O)c2nc3cc[nH]c3nc2N)[n+](CC)c2ccc(C(=O)NC3CCC(N(C[C@H](O)[C@@H](O)[C@H](O)[C@H](O)CO)C[C@H](O)[C@@H](O)[C@H](O)[C@H](O)CO)CC3)cc21.O=C(O)C(F)(F)F.O=C([O-])C(F)(F)F. The van der Waals surface area contributed by atoms with Crippen LogP contribution in [0.15, 0.2) is 30.5 Å². The standard InChI is InChI=1S/C38H57N9O12.2C2HF3O2/c1-3-46-23-10-5-19(13-24(23)47(4-2)29(46)14-41-38(59)30-35(39)44-36-22(43-30)11-12-40-36)37(58)42-20-6-8-21(9-7-20)45(15-25(50)31(54)33(56)27(52)17-48)16-26(51)32(55)34(57)28(53)18-49;2*3-2(4,5)1(6)7/h5,10-13,20-21,25-28,31-34,48-57H,3-4,6-9,14-18H2,1-2H3,(H4-,39,40,41,42,43,44,58,59);2*(H,6,7)/t20?,21?,25-,26-,27+,28+,31+,32+,33+,34+;;/m0../s1. The van der Waals surface area contributed by atoms with Gasteiger partial charge < -0.3 is 87.4 Å². The molecule has 4 aromatic rings. The van der Waals surface area contributed by atoms with Gasteiger partial charge in [0.05, 0.1) is 38.5 Å². The minimum absolute atomic E-state index is 0.00395. The van der Waals surface area contributed by atoms with E-state index in [0.29, 0.717) is 55.5 Å². The van der Waals surface area contributed by atoms with Crippen molar-refractivity contribution in [2.75, 3.05) is 32.0 Å². The fraction of sp³-hybridized carbons (Fsp3) is 0.595. The molecule has 0 saturated heterocycles. The van der Waals surface area contributed by atoms with Crippen LogP contribution in [-0.2, 0) is 29.2 Å². The Labute approximate surface area is 409 Å². The molecular formula is C42H59F6N9O16. The van der Waals surface area contributed by atoms with Crippen LogP contribution >= 0.6 is 0 Å². The van der Waals surface area contributed by atoms with Crippen LogP contribution in [0, 0.1) is 0 Å². The lowest BCUT2D eigenvalue weighted by Crippen LogP contribution is -2.56. The summed E-state index contributed by atoms with van der Waals surface area (Å²) in [5, 5.41) is 123. The Morgan fingerprint density at radius 1 is 0.822 bits per heavy atom. The summed E-state index contributed by atoms with van der Waals surface area (Å²) in [4.78, 5) is 57.6. The van der Waals surface area contributed by atoms with Crippen molar-refractivity contribution in [2.24, 2.45) is 0 Å². The Balaban J connectivity index is 0.000000878. The number of H-pyrrole nitrogens is 1. The molecule has 1 aromatic carbocycles. The second-order valence-electron chi connectivity index (χ2n) is 16.6. The van der Waals surface area contributed by atoms with Gasteiger partial charge in [0.2, 0.25) is 0 Å². The summed E-state index contributed by atoms with van der Waals surface area (Å²) in [6.45, 7) is 2.72. The number of aliphatic hydroxyl groups is 10. The van der Waals surface area contributed by atoms with Gasteiger partial charge in [-0.2, -0.15) is 26.3 Å². The number of carboxylic acids is 2. The third-order valence-corrected chi connectivity index (χ3v) is 11.6. The van der Waals surface area contributed by atoms with Gasteiger partial charge in [-0.3, -0.25) is 14.5 Å². The Bertz CT molecular complexity index is 2400. The number of rotatable bonds is 20. The number of carboxylic acid groups (broad SMARTS) is 2. The number of nitrogen functional groups attached to an aromatic ring is 1. The molecule has 0 bridgehead atoms. The zero-order valence-corrected chi connectivity index (χ0v) is 39.0. The van der Waals surface area contributed by atoms with Crippen LogP contribution < -0.4 is 26.0 Å². The largest absolute Gasteiger partial charge is 0.542 e. The van der Waals surface area contributed by atoms with Crippen LogP contribution in [0.3, 0.4) is 0 Å². The van der Waals surface area contributed by atoms with Gasteiger partial charge >= 0.3 is 18.3 Å². The van der Waals surface area contributed by atoms with Gasteiger partial charge in [-0.15, -0.1) is 0 Å². The average molecular weight is 1060 g/mol. The lowest BCUT2D eigenvalue weighted by atomic mass is 9.89. The van der Waals surface area contributed by atoms with Crippen molar-refractivity contribution in [1.29, 1.82) is 0 Å². The van der Waals surface area contributed by atoms with Gasteiger partial charge in [0.15, 0.2) is 28.2 Å². The van der Waals surface area contributed by atoms with Crippen molar-refractivity contribution >= 4 is 51.8 Å².